The molecule has 0 bridgehead atoms. The third kappa shape index (κ3) is 1.94. The van der Waals surface area contributed by atoms with Crippen molar-refractivity contribution in [2.75, 3.05) is 20.6 Å². The van der Waals surface area contributed by atoms with Gasteiger partial charge in [0.25, 0.3) is 0 Å². The molecule has 2 nitrogen and oxygen atoms in total. The molecular weight excluding hydrogens is 136 g/mol. The molecule has 0 aromatic carbocycles. The van der Waals surface area contributed by atoms with Gasteiger partial charge in [-0.1, -0.05) is 13.3 Å². The first-order chi connectivity index (χ1) is 5.29. The fourth-order valence-electron chi connectivity index (χ4n) is 2.04. The van der Waals surface area contributed by atoms with Gasteiger partial charge < -0.3 is 10.2 Å². The summed E-state index contributed by atoms with van der Waals surface area (Å²) in [5, 5.41) is 3.39. The maximum Gasteiger partial charge on any atom is 0.0246 e. The van der Waals surface area contributed by atoms with E-state index in [4.69, 9.17) is 0 Å². The van der Waals surface area contributed by atoms with Gasteiger partial charge in [-0.15, -0.1) is 0 Å². The average molecular weight is 156 g/mol. The smallest absolute Gasteiger partial charge is 0.0246 e. The Morgan fingerprint density at radius 1 is 1.45 bits per heavy atom. The Hall–Kier alpha value is -0.0800. The van der Waals surface area contributed by atoms with Gasteiger partial charge in [-0.2, -0.15) is 0 Å². The number of hydrogen-bond acceptors (Lipinski definition) is 2. The molecule has 1 aliphatic carbocycles. The molecule has 66 valence electrons. The van der Waals surface area contributed by atoms with E-state index in [1.54, 1.807) is 0 Å². The third-order valence-corrected chi connectivity index (χ3v) is 2.92. The molecule has 2 heteroatoms. The molecule has 0 heterocycles. The van der Waals surface area contributed by atoms with Crippen LogP contribution in [0.3, 0.4) is 0 Å². The number of nitrogens with zero attached hydrogens (tertiary/aromatic N) is 1. The van der Waals surface area contributed by atoms with Gasteiger partial charge in [-0.25, -0.2) is 0 Å². The van der Waals surface area contributed by atoms with Crippen molar-refractivity contribution in [2.24, 2.45) is 0 Å². The predicted octanol–water partition coefficient (Wildman–Crippen LogP) is 1.08. The van der Waals surface area contributed by atoms with Crippen LogP contribution in [0.15, 0.2) is 0 Å². The summed E-state index contributed by atoms with van der Waals surface area (Å²) in [5.41, 5.74) is 0. The van der Waals surface area contributed by atoms with E-state index in [0.29, 0.717) is 0 Å². The lowest BCUT2D eigenvalue weighted by Crippen LogP contribution is -2.43. The molecule has 0 amide bonds. The second kappa shape index (κ2) is 4.07. The molecule has 0 saturated heterocycles. The van der Waals surface area contributed by atoms with Gasteiger partial charge in [0.1, 0.15) is 0 Å². The maximum atomic E-state index is 3.39. The van der Waals surface area contributed by atoms with Crippen molar-refractivity contribution < 1.29 is 0 Å². The van der Waals surface area contributed by atoms with E-state index < -0.39 is 0 Å². The highest BCUT2D eigenvalue weighted by Gasteiger charge is 2.27. The molecule has 2 unspecified atom stereocenters. The zero-order valence-corrected chi connectivity index (χ0v) is 7.93. The van der Waals surface area contributed by atoms with Crippen molar-refractivity contribution in [1.29, 1.82) is 0 Å². The molecule has 0 aromatic rings. The zero-order valence-electron chi connectivity index (χ0n) is 7.93. The van der Waals surface area contributed by atoms with Crippen LogP contribution in [0.4, 0.5) is 0 Å². The quantitative estimate of drug-likeness (QED) is 0.658. The normalized spacial score (nSPS) is 31.6. The molecular formula is C9H20N2. The largest absolute Gasteiger partial charge is 0.315 e. The molecule has 1 aliphatic rings. The van der Waals surface area contributed by atoms with Crippen molar-refractivity contribution in [2.45, 2.75) is 38.3 Å². The summed E-state index contributed by atoms with van der Waals surface area (Å²) in [6.45, 7) is 3.40. The molecule has 2 atom stereocenters. The van der Waals surface area contributed by atoms with Gasteiger partial charge in [-0.05, 0) is 33.5 Å². The lowest BCUT2D eigenvalue weighted by Gasteiger charge is -2.28. The molecule has 1 saturated carbocycles. The van der Waals surface area contributed by atoms with E-state index in [-0.39, 0.29) is 0 Å². The highest BCUT2D eigenvalue weighted by molar-refractivity contribution is 4.87. The molecule has 1 rings (SSSR count). The van der Waals surface area contributed by atoms with Crippen LogP contribution in [0.2, 0.25) is 0 Å². The summed E-state index contributed by atoms with van der Waals surface area (Å²) < 4.78 is 0. The summed E-state index contributed by atoms with van der Waals surface area (Å²) in [6.07, 6.45) is 4.11. The summed E-state index contributed by atoms with van der Waals surface area (Å²) in [6, 6.07) is 1.52. The molecule has 0 aromatic heterocycles. The van der Waals surface area contributed by atoms with Crippen LogP contribution in [0.5, 0.6) is 0 Å². The van der Waals surface area contributed by atoms with Crippen LogP contribution in [0, 0.1) is 0 Å². The Morgan fingerprint density at radius 3 is 2.73 bits per heavy atom. The van der Waals surface area contributed by atoms with Gasteiger partial charge in [0.05, 0.1) is 0 Å². The van der Waals surface area contributed by atoms with E-state index in [2.05, 4.69) is 31.2 Å². The first-order valence-corrected chi connectivity index (χ1v) is 4.67. The molecule has 1 N–H and O–H groups in total. The van der Waals surface area contributed by atoms with Gasteiger partial charge in [0.2, 0.25) is 0 Å². The number of hydrogen-bond donors (Lipinski definition) is 1. The second-order valence-electron chi connectivity index (χ2n) is 3.47. The van der Waals surface area contributed by atoms with Crippen molar-refractivity contribution in [3.63, 3.8) is 0 Å². The first kappa shape index (κ1) is 9.01. The summed E-state index contributed by atoms with van der Waals surface area (Å²) in [4.78, 5) is 2.45. The minimum atomic E-state index is 0.736. The molecule has 0 radical (unpaired) electrons. The topological polar surface area (TPSA) is 15.3 Å². The number of nitrogens with one attached hydrogen (secondary N) is 1. The van der Waals surface area contributed by atoms with E-state index in [1.807, 2.05) is 0 Å². The van der Waals surface area contributed by atoms with Gasteiger partial charge in [0, 0.05) is 12.1 Å². The highest BCUT2D eigenvalue weighted by atomic mass is 15.2. The van der Waals surface area contributed by atoms with Gasteiger partial charge in [-0.3, -0.25) is 0 Å². The SMILES string of the molecule is CCN(C)C1CCCC1NC. The molecule has 0 aliphatic heterocycles. The predicted molar refractivity (Wildman–Crippen MR) is 48.8 cm³/mol. The summed E-state index contributed by atoms with van der Waals surface area (Å²) in [7, 11) is 4.30. The Balaban J connectivity index is 2.42. The van der Waals surface area contributed by atoms with E-state index in [9.17, 15) is 0 Å². The molecule has 11 heavy (non-hydrogen) atoms. The Morgan fingerprint density at radius 2 is 2.18 bits per heavy atom. The van der Waals surface area contributed by atoms with Crippen LogP contribution < -0.4 is 5.32 Å². The minimum absolute atomic E-state index is 0.736. The highest BCUT2D eigenvalue weighted by Crippen LogP contribution is 2.22. The molecule has 1 fully saturated rings. The second-order valence-corrected chi connectivity index (χ2v) is 3.47. The van der Waals surface area contributed by atoms with Gasteiger partial charge >= 0.3 is 0 Å². The van der Waals surface area contributed by atoms with Crippen LogP contribution in [0.25, 0.3) is 0 Å². The fraction of sp³-hybridized carbons (Fsp3) is 1.00. The first-order valence-electron chi connectivity index (χ1n) is 4.67. The van der Waals surface area contributed by atoms with Gasteiger partial charge in [0.15, 0.2) is 0 Å². The number of rotatable bonds is 3. The summed E-state index contributed by atoms with van der Waals surface area (Å²) in [5.74, 6) is 0. The minimum Gasteiger partial charge on any atom is -0.315 e. The van der Waals surface area contributed by atoms with Crippen molar-refractivity contribution >= 4 is 0 Å². The standard InChI is InChI=1S/C9H20N2/c1-4-11(3)9-7-5-6-8(9)10-2/h8-10H,4-7H2,1-3H3. The van der Waals surface area contributed by atoms with E-state index >= 15 is 0 Å². The van der Waals surface area contributed by atoms with E-state index in [0.717, 1.165) is 12.1 Å². The lowest BCUT2D eigenvalue weighted by atomic mass is 10.1. The molecule has 0 spiro atoms. The fourth-order valence-corrected chi connectivity index (χ4v) is 2.04. The van der Waals surface area contributed by atoms with Crippen LogP contribution in [-0.4, -0.2) is 37.6 Å². The third-order valence-electron chi connectivity index (χ3n) is 2.92. The lowest BCUT2D eigenvalue weighted by molar-refractivity contribution is 0.226. The van der Waals surface area contributed by atoms with Crippen LogP contribution in [-0.2, 0) is 0 Å². The Bertz CT molecular complexity index is 114. The average Bonchev–Trinajstić information content (AvgIpc) is 2.50. The van der Waals surface area contributed by atoms with Crippen LogP contribution in [0.1, 0.15) is 26.2 Å². The monoisotopic (exact) mass is 156 g/mol. The van der Waals surface area contributed by atoms with Crippen LogP contribution >= 0.6 is 0 Å². The number of likely N-dealkylation sites (N-methyl/N-ethyl adjacent to an activating group) is 2. The van der Waals surface area contributed by atoms with Crippen molar-refractivity contribution in [3.05, 3.63) is 0 Å². The van der Waals surface area contributed by atoms with E-state index in [1.165, 1.54) is 25.8 Å². The van der Waals surface area contributed by atoms with Crippen molar-refractivity contribution in [1.82, 2.24) is 10.2 Å². The van der Waals surface area contributed by atoms with Crippen molar-refractivity contribution in [3.8, 4) is 0 Å². The zero-order chi connectivity index (χ0) is 8.27. The maximum absolute atomic E-state index is 3.39. The Labute approximate surface area is 70.0 Å². The summed E-state index contributed by atoms with van der Waals surface area (Å²) >= 11 is 0. The Kier molecular flexibility index (Phi) is 3.34.